The Morgan fingerprint density at radius 2 is 1.29 bits per heavy atom. The van der Waals surface area contributed by atoms with Crippen LogP contribution < -0.4 is 5.32 Å². The van der Waals surface area contributed by atoms with E-state index in [1.54, 1.807) is 0 Å². The molecular formula is C34H33BrN2O. The van der Waals surface area contributed by atoms with Gasteiger partial charge < -0.3 is 10.1 Å². The maximum absolute atomic E-state index is 7.29. The largest absolute Gasteiger partial charge is 0.359 e. The third kappa shape index (κ3) is 4.78. The third-order valence-corrected chi connectivity index (χ3v) is 8.57. The first-order valence-electron chi connectivity index (χ1n) is 13.4. The molecule has 1 fully saturated rings. The predicted octanol–water partition coefficient (Wildman–Crippen LogP) is 6.75. The molecule has 0 amide bonds. The number of hydrogen-bond donors (Lipinski definition) is 1. The summed E-state index contributed by atoms with van der Waals surface area (Å²) in [6.07, 6.45) is 4.53. The zero-order chi connectivity index (χ0) is 25.8. The number of rotatable bonds is 7. The molecule has 1 saturated heterocycles. The Hall–Kier alpha value is -3.02. The maximum Gasteiger partial charge on any atom is 0.143 e. The minimum atomic E-state index is -0.712. The predicted molar refractivity (Wildman–Crippen MR) is 158 cm³/mol. The molecule has 2 heterocycles. The van der Waals surface area contributed by atoms with Crippen molar-refractivity contribution in [1.29, 1.82) is 0 Å². The minimum Gasteiger partial charge on any atom is -0.359 e. The molecule has 1 N–H and O–H groups in total. The van der Waals surface area contributed by atoms with Crippen LogP contribution in [0.25, 0.3) is 0 Å². The highest BCUT2D eigenvalue weighted by molar-refractivity contribution is 9.10. The van der Waals surface area contributed by atoms with E-state index >= 15 is 0 Å². The lowest BCUT2D eigenvalue weighted by molar-refractivity contribution is -0.0884. The fourth-order valence-electron chi connectivity index (χ4n) is 6.23. The van der Waals surface area contributed by atoms with Crippen LogP contribution in [-0.4, -0.2) is 43.2 Å². The number of nitrogens with zero attached hydrogens (tertiary/aromatic N) is 1. The molecule has 0 unspecified atom stereocenters. The summed E-state index contributed by atoms with van der Waals surface area (Å²) in [5.41, 5.74) is 4.09. The Morgan fingerprint density at radius 3 is 1.84 bits per heavy atom. The summed E-state index contributed by atoms with van der Waals surface area (Å²) < 4.78 is 8.40. The van der Waals surface area contributed by atoms with Gasteiger partial charge in [0, 0.05) is 42.1 Å². The number of hydrogen-bond acceptors (Lipinski definition) is 3. The van der Waals surface area contributed by atoms with Crippen LogP contribution in [0.2, 0.25) is 0 Å². The molecule has 0 spiro atoms. The van der Waals surface area contributed by atoms with Gasteiger partial charge in [-0.15, -0.1) is 0 Å². The first-order chi connectivity index (χ1) is 18.8. The molecule has 3 nitrogen and oxygen atoms in total. The van der Waals surface area contributed by atoms with Crippen LogP contribution >= 0.6 is 15.9 Å². The summed E-state index contributed by atoms with van der Waals surface area (Å²) in [4.78, 5) is 2.61. The van der Waals surface area contributed by atoms with Crippen LogP contribution in [0.4, 0.5) is 0 Å². The van der Waals surface area contributed by atoms with Crippen LogP contribution in [-0.2, 0) is 10.3 Å². The van der Waals surface area contributed by atoms with Gasteiger partial charge in [-0.25, -0.2) is 0 Å². The van der Waals surface area contributed by atoms with E-state index in [1.165, 1.54) is 5.56 Å². The Morgan fingerprint density at radius 1 is 0.737 bits per heavy atom. The molecule has 6 rings (SSSR count). The van der Waals surface area contributed by atoms with E-state index in [4.69, 9.17) is 4.74 Å². The molecule has 192 valence electrons. The van der Waals surface area contributed by atoms with Gasteiger partial charge in [-0.05, 0) is 34.4 Å². The van der Waals surface area contributed by atoms with Crippen molar-refractivity contribution < 1.29 is 4.74 Å². The maximum atomic E-state index is 7.29. The zero-order valence-electron chi connectivity index (χ0n) is 21.4. The number of nitrogens with one attached hydrogen (secondary N) is 1. The van der Waals surface area contributed by atoms with Gasteiger partial charge in [0.2, 0.25) is 0 Å². The van der Waals surface area contributed by atoms with Gasteiger partial charge >= 0.3 is 0 Å². The van der Waals surface area contributed by atoms with E-state index in [2.05, 4.69) is 154 Å². The normalized spacial score (nSPS) is 22.5. The first kappa shape index (κ1) is 25.3. The topological polar surface area (TPSA) is 24.5 Å². The third-order valence-electron chi connectivity index (χ3n) is 8.05. The van der Waals surface area contributed by atoms with Crippen molar-refractivity contribution in [3.8, 4) is 0 Å². The van der Waals surface area contributed by atoms with Crippen molar-refractivity contribution in [2.24, 2.45) is 0 Å². The molecule has 4 aromatic carbocycles. The van der Waals surface area contributed by atoms with Gasteiger partial charge in [-0.2, -0.15) is 0 Å². The smallest absolute Gasteiger partial charge is 0.143 e. The molecule has 38 heavy (non-hydrogen) atoms. The Labute approximate surface area is 234 Å². The molecule has 4 aromatic rings. The van der Waals surface area contributed by atoms with Crippen LogP contribution in [0.5, 0.6) is 0 Å². The molecule has 0 saturated carbocycles. The molecule has 4 heteroatoms. The summed E-state index contributed by atoms with van der Waals surface area (Å²) in [6, 6.07) is 41.6. The number of halogens is 1. The van der Waals surface area contributed by atoms with Crippen LogP contribution in [0.15, 0.2) is 132 Å². The van der Waals surface area contributed by atoms with Gasteiger partial charge in [0.05, 0.1) is 6.61 Å². The fraction of sp³-hybridized carbons (Fsp3) is 0.235. The van der Waals surface area contributed by atoms with Crippen molar-refractivity contribution in [3.05, 3.63) is 154 Å². The summed E-state index contributed by atoms with van der Waals surface area (Å²) in [6.45, 7) is 3.46. The number of ether oxygens (including phenoxy) is 1. The summed E-state index contributed by atoms with van der Waals surface area (Å²) in [7, 11) is 0. The average molecular weight is 566 g/mol. The van der Waals surface area contributed by atoms with E-state index < -0.39 is 5.60 Å². The van der Waals surface area contributed by atoms with Crippen LogP contribution in [0, 0.1) is 0 Å². The van der Waals surface area contributed by atoms with E-state index in [1.807, 2.05) is 0 Å². The summed E-state index contributed by atoms with van der Waals surface area (Å²) in [5, 5.41) is 3.62. The number of fused-ring (bicyclic) bond motifs is 1. The van der Waals surface area contributed by atoms with Gasteiger partial charge in [-0.3, -0.25) is 4.90 Å². The molecule has 2 aliphatic heterocycles. The lowest BCUT2D eigenvalue weighted by Gasteiger charge is -2.56. The Bertz CT molecular complexity index is 1250. The van der Waals surface area contributed by atoms with E-state index in [0.29, 0.717) is 18.6 Å². The molecular weight excluding hydrogens is 532 g/mol. The van der Waals surface area contributed by atoms with Crippen molar-refractivity contribution in [2.75, 3.05) is 26.2 Å². The van der Waals surface area contributed by atoms with Crippen molar-refractivity contribution >= 4 is 15.9 Å². The average Bonchev–Trinajstić information content (AvgIpc) is 2.96. The lowest BCUT2D eigenvalue weighted by Crippen LogP contribution is -2.67. The second kappa shape index (κ2) is 11.4. The number of benzene rings is 4. The highest BCUT2D eigenvalue weighted by Crippen LogP contribution is 2.45. The van der Waals surface area contributed by atoms with Gasteiger partial charge in [0.25, 0.3) is 0 Å². The molecule has 0 radical (unpaired) electrons. The quantitative estimate of drug-likeness (QED) is 0.198. The molecule has 0 bridgehead atoms. The highest BCUT2D eigenvalue weighted by Gasteiger charge is 2.50. The Kier molecular flexibility index (Phi) is 7.57. The molecule has 2 aliphatic rings. The van der Waals surface area contributed by atoms with Crippen LogP contribution in [0.3, 0.4) is 0 Å². The zero-order valence-corrected chi connectivity index (χ0v) is 23.0. The summed E-state index contributed by atoms with van der Waals surface area (Å²) >= 11 is 3.62. The second-order valence-corrected chi connectivity index (χ2v) is 11.0. The van der Waals surface area contributed by atoms with E-state index in [-0.39, 0.29) is 6.04 Å². The van der Waals surface area contributed by atoms with E-state index in [0.717, 1.165) is 40.8 Å². The highest BCUT2D eigenvalue weighted by atomic mass is 79.9. The Balaban J connectivity index is 1.42. The van der Waals surface area contributed by atoms with Crippen molar-refractivity contribution in [2.45, 2.75) is 23.6 Å². The lowest BCUT2D eigenvalue weighted by atomic mass is 9.74. The monoisotopic (exact) mass is 564 g/mol. The van der Waals surface area contributed by atoms with Crippen molar-refractivity contribution in [1.82, 2.24) is 10.2 Å². The molecule has 0 aromatic heterocycles. The SMILES string of the molecule is Brc1ccc([C@H]2[C@@H](COC(c3ccccc3)(c3ccccc3)c3ccccc3)N3C/C=C\CNC[C@@H]23)cc1. The van der Waals surface area contributed by atoms with Gasteiger partial charge in [0.15, 0.2) is 0 Å². The second-order valence-electron chi connectivity index (χ2n) is 10.1. The van der Waals surface area contributed by atoms with Crippen molar-refractivity contribution in [3.63, 3.8) is 0 Å². The molecule has 0 aliphatic carbocycles. The standard InChI is InChI=1S/C34H33BrN2O/c35-30-20-18-26(19-21-30)33-31-24-36-22-10-11-23-37(31)32(33)25-38-34(27-12-4-1-5-13-27,28-14-6-2-7-15-28)29-16-8-3-9-17-29/h1-21,31-33,36H,22-25H2/b11-10-/t31-,32+,33+/m0/s1. The van der Waals surface area contributed by atoms with Gasteiger partial charge in [-0.1, -0.05) is 131 Å². The van der Waals surface area contributed by atoms with E-state index in [9.17, 15) is 0 Å². The fourth-order valence-corrected chi connectivity index (χ4v) is 6.49. The minimum absolute atomic E-state index is 0.265. The van der Waals surface area contributed by atoms with Crippen LogP contribution in [0.1, 0.15) is 28.2 Å². The summed E-state index contributed by atoms with van der Waals surface area (Å²) in [5.74, 6) is 0.391. The first-order valence-corrected chi connectivity index (χ1v) is 14.2. The van der Waals surface area contributed by atoms with Gasteiger partial charge in [0.1, 0.15) is 5.60 Å². The molecule has 3 atom stereocenters.